The van der Waals surface area contributed by atoms with Gasteiger partial charge in [-0.25, -0.2) is 0 Å². The fourth-order valence-corrected chi connectivity index (χ4v) is 2.65. The van der Waals surface area contributed by atoms with Crippen molar-refractivity contribution < 1.29 is 0 Å². The summed E-state index contributed by atoms with van der Waals surface area (Å²) in [5, 5.41) is 7.76. The Balaban J connectivity index is 1.93. The highest BCUT2D eigenvalue weighted by atomic mass is 15.2. The van der Waals surface area contributed by atoms with Crippen LogP contribution in [0.5, 0.6) is 0 Å². The van der Waals surface area contributed by atoms with Crippen LogP contribution in [0.2, 0.25) is 0 Å². The molecule has 1 saturated heterocycles. The van der Waals surface area contributed by atoms with Crippen molar-refractivity contribution >= 4 is 0 Å². The van der Waals surface area contributed by atoms with Gasteiger partial charge in [0.15, 0.2) is 0 Å². The molecule has 1 aliphatic rings. The second kappa shape index (κ2) is 5.00. The molecule has 1 aromatic rings. The van der Waals surface area contributed by atoms with E-state index in [-0.39, 0.29) is 0 Å². The van der Waals surface area contributed by atoms with Crippen LogP contribution in [-0.2, 0) is 7.05 Å². The minimum Gasteiger partial charge on any atom is -0.316 e. The Kier molecular flexibility index (Phi) is 3.64. The van der Waals surface area contributed by atoms with Crippen LogP contribution in [0.15, 0.2) is 12.4 Å². The first-order valence-electron chi connectivity index (χ1n) is 6.36. The van der Waals surface area contributed by atoms with Gasteiger partial charge in [0.2, 0.25) is 0 Å². The van der Waals surface area contributed by atoms with Crippen LogP contribution < -0.4 is 5.32 Å². The molecule has 0 saturated carbocycles. The Hall–Kier alpha value is -0.830. The van der Waals surface area contributed by atoms with Crippen molar-refractivity contribution in [1.29, 1.82) is 0 Å². The normalized spacial score (nSPS) is 27.9. The fraction of sp³-hybridized carbons (Fsp3) is 0.769. The zero-order valence-corrected chi connectivity index (χ0v) is 10.6. The van der Waals surface area contributed by atoms with E-state index in [0.717, 1.165) is 11.8 Å². The molecule has 3 nitrogen and oxygen atoms in total. The third-order valence-corrected chi connectivity index (χ3v) is 3.94. The van der Waals surface area contributed by atoms with Crippen molar-refractivity contribution in [2.45, 2.75) is 32.6 Å². The summed E-state index contributed by atoms with van der Waals surface area (Å²) in [5.74, 6) is 2.31. The number of nitrogens with zero attached hydrogens (tertiary/aromatic N) is 2. The zero-order chi connectivity index (χ0) is 11.5. The molecule has 0 aromatic carbocycles. The van der Waals surface area contributed by atoms with Crippen LogP contribution in [0.1, 0.15) is 38.2 Å². The molecule has 0 spiro atoms. The third kappa shape index (κ3) is 2.64. The smallest absolute Gasteiger partial charge is 0.0524 e. The van der Waals surface area contributed by atoms with Crippen LogP contribution in [0.4, 0.5) is 0 Å². The van der Waals surface area contributed by atoms with Crippen molar-refractivity contribution in [3.05, 3.63) is 18.0 Å². The number of hydrogen-bond donors (Lipinski definition) is 1. The average Bonchev–Trinajstić information content (AvgIpc) is 2.68. The minimum absolute atomic E-state index is 0.626. The van der Waals surface area contributed by atoms with Crippen LogP contribution in [0.25, 0.3) is 0 Å². The summed E-state index contributed by atoms with van der Waals surface area (Å²) >= 11 is 0. The van der Waals surface area contributed by atoms with Gasteiger partial charge >= 0.3 is 0 Å². The maximum atomic E-state index is 4.25. The van der Waals surface area contributed by atoms with E-state index in [9.17, 15) is 0 Å². The fourth-order valence-electron chi connectivity index (χ4n) is 2.65. The number of aryl methyl sites for hydroxylation is 1. The molecule has 3 atom stereocenters. The Morgan fingerprint density at radius 2 is 2.44 bits per heavy atom. The van der Waals surface area contributed by atoms with Crippen LogP contribution in [0, 0.1) is 11.8 Å². The van der Waals surface area contributed by atoms with E-state index in [2.05, 4.69) is 30.5 Å². The topological polar surface area (TPSA) is 29.9 Å². The van der Waals surface area contributed by atoms with Gasteiger partial charge < -0.3 is 5.32 Å². The molecule has 3 unspecified atom stereocenters. The van der Waals surface area contributed by atoms with Gasteiger partial charge in [0.05, 0.1) is 6.20 Å². The van der Waals surface area contributed by atoms with Gasteiger partial charge in [-0.3, -0.25) is 4.68 Å². The lowest BCUT2D eigenvalue weighted by molar-refractivity contribution is 0.248. The summed E-state index contributed by atoms with van der Waals surface area (Å²) in [4.78, 5) is 0. The summed E-state index contributed by atoms with van der Waals surface area (Å²) in [6, 6.07) is 0. The largest absolute Gasteiger partial charge is 0.316 e. The molecule has 2 heterocycles. The Morgan fingerprint density at radius 1 is 1.62 bits per heavy atom. The highest BCUT2D eigenvalue weighted by molar-refractivity contribution is 5.10. The molecule has 1 N–H and O–H groups in total. The van der Waals surface area contributed by atoms with Crippen LogP contribution >= 0.6 is 0 Å². The van der Waals surface area contributed by atoms with E-state index in [0.29, 0.717) is 5.92 Å². The molecule has 2 rings (SSSR count). The van der Waals surface area contributed by atoms with Crippen LogP contribution in [0.3, 0.4) is 0 Å². The lowest BCUT2D eigenvalue weighted by Crippen LogP contribution is -2.35. The van der Waals surface area contributed by atoms with Gasteiger partial charge in [-0.1, -0.05) is 13.8 Å². The predicted molar refractivity (Wildman–Crippen MR) is 66.4 cm³/mol. The van der Waals surface area contributed by atoms with E-state index in [1.165, 1.54) is 31.5 Å². The highest BCUT2D eigenvalue weighted by Crippen LogP contribution is 2.29. The van der Waals surface area contributed by atoms with Gasteiger partial charge in [-0.2, -0.15) is 5.10 Å². The monoisotopic (exact) mass is 221 g/mol. The summed E-state index contributed by atoms with van der Waals surface area (Å²) in [7, 11) is 1.99. The van der Waals surface area contributed by atoms with Gasteiger partial charge in [-0.05, 0) is 49.2 Å². The maximum Gasteiger partial charge on any atom is 0.0524 e. The van der Waals surface area contributed by atoms with Crippen molar-refractivity contribution in [3.63, 3.8) is 0 Å². The second-order valence-electron chi connectivity index (χ2n) is 5.31. The lowest BCUT2D eigenvalue weighted by atomic mass is 9.81. The summed E-state index contributed by atoms with van der Waals surface area (Å²) < 4.78 is 1.90. The number of aromatic nitrogens is 2. The standard InChI is InChI=1S/C13H23N3/c1-10-4-5-14-7-12(10)6-11(2)13-8-15-16(3)9-13/h8-12,14H,4-7H2,1-3H3. The molecule has 1 aliphatic heterocycles. The molecule has 1 fully saturated rings. The number of rotatable bonds is 3. The molecule has 1 aromatic heterocycles. The first-order valence-corrected chi connectivity index (χ1v) is 6.36. The van der Waals surface area contributed by atoms with E-state index in [4.69, 9.17) is 0 Å². The van der Waals surface area contributed by atoms with E-state index >= 15 is 0 Å². The van der Waals surface area contributed by atoms with Gasteiger partial charge in [-0.15, -0.1) is 0 Å². The van der Waals surface area contributed by atoms with Gasteiger partial charge in [0, 0.05) is 13.2 Å². The molecular formula is C13H23N3. The molecule has 3 heteroatoms. The third-order valence-electron chi connectivity index (χ3n) is 3.94. The summed E-state index contributed by atoms with van der Waals surface area (Å²) in [6.07, 6.45) is 6.75. The van der Waals surface area contributed by atoms with Gasteiger partial charge in [0.1, 0.15) is 0 Å². The number of hydrogen-bond acceptors (Lipinski definition) is 2. The van der Waals surface area contributed by atoms with E-state index in [1.807, 2.05) is 17.9 Å². The average molecular weight is 221 g/mol. The molecule has 0 radical (unpaired) electrons. The summed E-state index contributed by atoms with van der Waals surface area (Å²) in [5.41, 5.74) is 1.38. The lowest BCUT2D eigenvalue weighted by Gasteiger charge is -2.31. The minimum atomic E-state index is 0.626. The highest BCUT2D eigenvalue weighted by Gasteiger charge is 2.23. The Labute approximate surface area is 98.2 Å². The van der Waals surface area contributed by atoms with Crippen LogP contribution in [-0.4, -0.2) is 22.9 Å². The zero-order valence-electron chi connectivity index (χ0n) is 10.6. The van der Waals surface area contributed by atoms with E-state index < -0.39 is 0 Å². The SMILES string of the molecule is CC(CC1CNCCC1C)c1cnn(C)c1. The second-order valence-corrected chi connectivity index (χ2v) is 5.31. The van der Waals surface area contributed by atoms with Crippen molar-refractivity contribution in [2.24, 2.45) is 18.9 Å². The van der Waals surface area contributed by atoms with Crippen molar-refractivity contribution in [1.82, 2.24) is 15.1 Å². The van der Waals surface area contributed by atoms with E-state index in [1.54, 1.807) is 0 Å². The Bertz CT molecular complexity index is 332. The first-order chi connectivity index (χ1) is 7.66. The van der Waals surface area contributed by atoms with Crippen molar-refractivity contribution in [3.8, 4) is 0 Å². The molecule has 90 valence electrons. The maximum absolute atomic E-state index is 4.25. The van der Waals surface area contributed by atoms with Crippen molar-refractivity contribution in [2.75, 3.05) is 13.1 Å². The molecule has 0 aliphatic carbocycles. The molecule has 16 heavy (non-hydrogen) atoms. The molecule has 0 bridgehead atoms. The molecular weight excluding hydrogens is 198 g/mol. The van der Waals surface area contributed by atoms with Gasteiger partial charge in [0.25, 0.3) is 0 Å². The summed E-state index contributed by atoms with van der Waals surface area (Å²) in [6.45, 7) is 7.09. The first kappa shape index (κ1) is 11.6. The molecule has 0 amide bonds. The number of nitrogens with one attached hydrogen (secondary N) is 1. The Morgan fingerprint density at radius 3 is 3.06 bits per heavy atom. The predicted octanol–water partition coefficient (Wildman–Crippen LogP) is 2.16. The quantitative estimate of drug-likeness (QED) is 0.847. The number of piperidine rings is 1.